The molecule has 1 amide bonds. The van der Waals surface area contributed by atoms with Gasteiger partial charge >= 0.3 is 0 Å². The number of rotatable bonds is 3. The molecule has 110 valence electrons. The summed E-state index contributed by atoms with van der Waals surface area (Å²) in [5, 5.41) is 3.16. The Labute approximate surface area is 128 Å². The number of carbonyl (C=O) groups is 1. The van der Waals surface area contributed by atoms with Crippen LogP contribution in [0.3, 0.4) is 0 Å². The summed E-state index contributed by atoms with van der Waals surface area (Å²) in [5.41, 5.74) is 0.637. The summed E-state index contributed by atoms with van der Waals surface area (Å²) in [6.45, 7) is 7.40. The zero-order chi connectivity index (χ0) is 14.7. The summed E-state index contributed by atoms with van der Waals surface area (Å²) < 4.78 is 0.823. The highest BCUT2D eigenvalue weighted by molar-refractivity contribution is 9.10. The zero-order valence-corrected chi connectivity index (χ0v) is 13.8. The molecule has 1 aliphatic heterocycles. The van der Waals surface area contributed by atoms with Crippen molar-refractivity contribution in [3.05, 3.63) is 22.3 Å². The second-order valence-corrected chi connectivity index (χ2v) is 6.11. The molecule has 1 aromatic heterocycles. The van der Waals surface area contributed by atoms with Gasteiger partial charge in [-0.25, -0.2) is 4.98 Å². The van der Waals surface area contributed by atoms with Crippen LogP contribution in [-0.2, 0) is 0 Å². The average molecular weight is 341 g/mol. The molecule has 1 unspecified atom stereocenters. The first kappa shape index (κ1) is 15.3. The molecule has 0 saturated carbocycles. The van der Waals surface area contributed by atoms with Crippen molar-refractivity contribution < 1.29 is 4.79 Å². The van der Waals surface area contributed by atoms with E-state index in [1.807, 2.05) is 17.9 Å². The van der Waals surface area contributed by atoms with Crippen molar-refractivity contribution in [3.63, 3.8) is 0 Å². The fourth-order valence-electron chi connectivity index (χ4n) is 2.51. The molecule has 0 aliphatic carbocycles. The largest absolute Gasteiger partial charge is 0.370 e. The Balaban J connectivity index is 2.26. The molecule has 1 N–H and O–H groups in total. The maximum absolute atomic E-state index is 12.8. The van der Waals surface area contributed by atoms with Crippen LogP contribution in [0.25, 0.3) is 0 Å². The minimum Gasteiger partial charge on any atom is -0.370 e. The van der Waals surface area contributed by atoms with Crippen LogP contribution in [0.4, 0.5) is 5.82 Å². The van der Waals surface area contributed by atoms with Crippen molar-refractivity contribution >= 4 is 27.7 Å². The van der Waals surface area contributed by atoms with E-state index in [1.165, 1.54) is 0 Å². The van der Waals surface area contributed by atoms with Gasteiger partial charge in [0.15, 0.2) is 0 Å². The van der Waals surface area contributed by atoms with E-state index in [2.05, 4.69) is 45.1 Å². The third-order valence-corrected chi connectivity index (χ3v) is 3.95. The molecule has 20 heavy (non-hydrogen) atoms. The fraction of sp³-hybridized carbons (Fsp3) is 0.571. The number of likely N-dealkylation sites (N-methyl/N-ethyl adjacent to an activating group) is 1. The van der Waals surface area contributed by atoms with Crippen LogP contribution >= 0.6 is 15.9 Å². The first-order valence-electron chi connectivity index (χ1n) is 6.91. The van der Waals surface area contributed by atoms with Crippen LogP contribution in [0.2, 0.25) is 0 Å². The summed E-state index contributed by atoms with van der Waals surface area (Å²) in [7, 11) is 2.09. The lowest BCUT2D eigenvalue weighted by Gasteiger charge is -2.38. The summed E-state index contributed by atoms with van der Waals surface area (Å²) in [6, 6.07) is 2.06. The number of hydrogen-bond donors (Lipinski definition) is 1. The molecule has 6 heteroatoms. The van der Waals surface area contributed by atoms with Crippen LogP contribution in [0.15, 0.2) is 16.7 Å². The van der Waals surface area contributed by atoms with Crippen molar-refractivity contribution in [2.45, 2.75) is 19.9 Å². The number of pyridine rings is 1. The summed E-state index contributed by atoms with van der Waals surface area (Å²) in [5.74, 6) is 0.710. The molecule has 0 radical (unpaired) electrons. The van der Waals surface area contributed by atoms with Gasteiger partial charge in [-0.2, -0.15) is 0 Å². The second-order valence-electron chi connectivity index (χ2n) is 5.19. The predicted molar refractivity (Wildman–Crippen MR) is 84.1 cm³/mol. The number of nitrogens with one attached hydrogen (secondary N) is 1. The lowest BCUT2D eigenvalue weighted by Crippen LogP contribution is -2.52. The number of aromatic nitrogens is 1. The van der Waals surface area contributed by atoms with E-state index in [0.29, 0.717) is 11.4 Å². The number of hydrogen-bond acceptors (Lipinski definition) is 4. The Morgan fingerprint density at radius 2 is 2.30 bits per heavy atom. The van der Waals surface area contributed by atoms with Gasteiger partial charge in [0.05, 0.1) is 5.56 Å². The highest BCUT2D eigenvalue weighted by atomic mass is 79.9. The molecule has 1 saturated heterocycles. The number of piperazine rings is 1. The minimum atomic E-state index is 0.0513. The van der Waals surface area contributed by atoms with E-state index in [1.54, 1.807) is 6.20 Å². The van der Waals surface area contributed by atoms with Gasteiger partial charge in [-0.3, -0.25) is 4.79 Å². The Kier molecular flexibility index (Phi) is 4.99. The van der Waals surface area contributed by atoms with Gasteiger partial charge in [-0.15, -0.1) is 0 Å². The molecule has 0 bridgehead atoms. The first-order chi connectivity index (χ1) is 9.52. The summed E-state index contributed by atoms with van der Waals surface area (Å²) in [4.78, 5) is 21.3. The summed E-state index contributed by atoms with van der Waals surface area (Å²) >= 11 is 3.40. The first-order valence-corrected chi connectivity index (χ1v) is 7.71. The Morgan fingerprint density at radius 1 is 1.55 bits per heavy atom. The van der Waals surface area contributed by atoms with Gasteiger partial charge in [0.2, 0.25) is 0 Å². The van der Waals surface area contributed by atoms with Crippen LogP contribution in [0.5, 0.6) is 0 Å². The number of carbonyl (C=O) groups excluding carboxylic acids is 1. The minimum absolute atomic E-state index is 0.0513. The normalized spacial score (nSPS) is 20.0. The van der Waals surface area contributed by atoms with Crippen molar-refractivity contribution in [2.75, 3.05) is 38.5 Å². The number of halogens is 1. The van der Waals surface area contributed by atoms with Gasteiger partial charge in [0, 0.05) is 42.9 Å². The van der Waals surface area contributed by atoms with Crippen LogP contribution in [0.1, 0.15) is 24.2 Å². The van der Waals surface area contributed by atoms with E-state index < -0.39 is 0 Å². The van der Waals surface area contributed by atoms with Gasteiger partial charge in [0.25, 0.3) is 5.91 Å². The highest BCUT2D eigenvalue weighted by Crippen LogP contribution is 2.22. The van der Waals surface area contributed by atoms with Gasteiger partial charge in [-0.1, -0.05) is 0 Å². The summed E-state index contributed by atoms with van der Waals surface area (Å²) in [6.07, 6.45) is 1.71. The Morgan fingerprint density at radius 3 is 2.95 bits per heavy atom. The van der Waals surface area contributed by atoms with E-state index >= 15 is 0 Å². The van der Waals surface area contributed by atoms with E-state index in [0.717, 1.165) is 30.7 Å². The van der Waals surface area contributed by atoms with Gasteiger partial charge < -0.3 is 15.1 Å². The predicted octanol–water partition coefficient (Wildman–Crippen LogP) is 2.05. The van der Waals surface area contributed by atoms with E-state index in [-0.39, 0.29) is 11.9 Å². The molecular weight excluding hydrogens is 320 g/mol. The number of anilines is 1. The topological polar surface area (TPSA) is 48.5 Å². The van der Waals surface area contributed by atoms with Crippen molar-refractivity contribution in [1.29, 1.82) is 0 Å². The number of nitrogens with zero attached hydrogens (tertiary/aromatic N) is 3. The molecule has 1 aliphatic rings. The third-order valence-electron chi connectivity index (χ3n) is 3.52. The highest BCUT2D eigenvalue weighted by Gasteiger charge is 2.28. The molecule has 2 rings (SSSR count). The number of amides is 1. The lowest BCUT2D eigenvalue weighted by molar-refractivity contribution is 0.0534. The third kappa shape index (κ3) is 3.30. The van der Waals surface area contributed by atoms with Crippen LogP contribution < -0.4 is 5.32 Å². The molecule has 1 atom stereocenters. The van der Waals surface area contributed by atoms with Crippen molar-refractivity contribution in [3.8, 4) is 0 Å². The Bertz CT molecular complexity index is 494. The molecule has 2 heterocycles. The quantitative estimate of drug-likeness (QED) is 0.914. The monoisotopic (exact) mass is 340 g/mol. The maximum Gasteiger partial charge on any atom is 0.257 e. The lowest BCUT2D eigenvalue weighted by atomic mass is 10.1. The molecule has 0 spiro atoms. The molecule has 1 aromatic rings. The van der Waals surface area contributed by atoms with Gasteiger partial charge in [0.1, 0.15) is 5.82 Å². The average Bonchev–Trinajstić information content (AvgIpc) is 2.40. The standard InChI is InChI=1S/C14H21BrN4O/c1-4-16-13-12(7-11(15)8-17-13)14(20)19-6-5-18(3)9-10(19)2/h7-8,10H,4-6,9H2,1-3H3,(H,16,17). The molecule has 5 nitrogen and oxygen atoms in total. The SMILES string of the molecule is CCNc1ncc(Br)cc1C(=O)N1CCN(C)CC1C. The van der Waals surface area contributed by atoms with E-state index in [9.17, 15) is 4.79 Å². The van der Waals surface area contributed by atoms with Crippen molar-refractivity contribution in [2.24, 2.45) is 0 Å². The van der Waals surface area contributed by atoms with Gasteiger partial charge in [-0.05, 0) is 42.9 Å². The Hall–Kier alpha value is -1.14. The van der Waals surface area contributed by atoms with Crippen LogP contribution in [-0.4, -0.2) is 60.0 Å². The van der Waals surface area contributed by atoms with Crippen LogP contribution in [0, 0.1) is 0 Å². The second kappa shape index (κ2) is 6.54. The van der Waals surface area contributed by atoms with Crippen molar-refractivity contribution in [1.82, 2.24) is 14.8 Å². The molecule has 1 fully saturated rings. The maximum atomic E-state index is 12.8. The molecular formula is C14H21BrN4O. The molecule has 0 aromatic carbocycles. The van der Waals surface area contributed by atoms with E-state index in [4.69, 9.17) is 0 Å². The zero-order valence-electron chi connectivity index (χ0n) is 12.2. The smallest absolute Gasteiger partial charge is 0.257 e. The fourth-order valence-corrected chi connectivity index (χ4v) is 2.84.